The summed E-state index contributed by atoms with van der Waals surface area (Å²) in [5, 5.41) is 3.78. The van der Waals surface area contributed by atoms with Gasteiger partial charge in [-0.1, -0.05) is 19.1 Å². The summed E-state index contributed by atoms with van der Waals surface area (Å²) in [6, 6.07) is 8.22. The van der Waals surface area contributed by atoms with E-state index in [1.807, 2.05) is 30.8 Å². The Hall–Kier alpha value is -0.520. The van der Waals surface area contributed by atoms with Crippen molar-refractivity contribution in [3.8, 4) is 0 Å². The number of halogens is 1. The number of hydrogen-bond acceptors (Lipinski definition) is 4. The Bertz CT molecular complexity index is 483. The predicted octanol–water partition coefficient (Wildman–Crippen LogP) is 3.62. The first-order valence-corrected chi connectivity index (χ1v) is 8.53. The molecule has 0 aromatic heterocycles. The summed E-state index contributed by atoms with van der Waals surface area (Å²) in [7, 11) is 1.47. The zero-order valence-electron chi connectivity index (χ0n) is 11.8. The summed E-state index contributed by atoms with van der Waals surface area (Å²) in [5.41, 5.74) is -0.498. The van der Waals surface area contributed by atoms with Crippen LogP contribution in [-0.2, 0) is 9.53 Å². The Morgan fingerprint density at radius 1 is 1.55 bits per heavy atom. The van der Waals surface area contributed by atoms with Gasteiger partial charge in [-0.25, -0.2) is 0 Å². The molecule has 2 atom stereocenters. The van der Waals surface area contributed by atoms with Crippen molar-refractivity contribution >= 4 is 33.7 Å². The van der Waals surface area contributed by atoms with Crippen molar-refractivity contribution in [2.24, 2.45) is 0 Å². The van der Waals surface area contributed by atoms with E-state index in [4.69, 9.17) is 4.74 Å². The van der Waals surface area contributed by atoms with E-state index in [1.54, 1.807) is 0 Å². The van der Waals surface area contributed by atoms with Crippen molar-refractivity contribution in [1.29, 1.82) is 0 Å². The Morgan fingerprint density at radius 3 is 2.95 bits per heavy atom. The highest BCUT2D eigenvalue weighted by molar-refractivity contribution is 9.10. The highest BCUT2D eigenvalue weighted by Crippen LogP contribution is 2.42. The van der Waals surface area contributed by atoms with Gasteiger partial charge in [0.25, 0.3) is 0 Å². The second kappa shape index (κ2) is 6.96. The number of rotatable bonds is 5. The first-order valence-electron chi connectivity index (χ1n) is 6.86. The van der Waals surface area contributed by atoms with Gasteiger partial charge in [-0.2, -0.15) is 0 Å². The molecule has 0 saturated heterocycles. The summed E-state index contributed by atoms with van der Waals surface area (Å²) < 4.78 is 6.11. The van der Waals surface area contributed by atoms with Crippen LogP contribution in [0.3, 0.4) is 0 Å². The standard InChI is InChI=1S/C15H20BrNO2S/c1-3-17-15(14(18)19-2)9-8-11(10-15)20-13-7-5-4-6-12(13)16/h4-7,11,17H,3,8-10H2,1-2H3. The van der Waals surface area contributed by atoms with Gasteiger partial charge < -0.3 is 10.1 Å². The van der Waals surface area contributed by atoms with E-state index in [-0.39, 0.29) is 5.97 Å². The number of benzene rings is 1. The second-order valence-electron chi connectivity index (χ2n) is 5.02. The summed E-state index contributed by atoms with van der Waals surface area (Å²) in [6.45, 7) is 2.81. The average Bonchev–Trinajstić information content (AvgIpc) is 2.85. The third-order valence-electron chi connectivity index (χ3n) is 3.69. The number of esters is 1. The largest absolute Gasteiger partial charge is 0.468 e. The van der Waals surface area contributed by atoms with Gasteiger partial charge in [-0.15, -0.1) is 11.8 Å². The maximum atomic E-state index is 12.1. The van der Waals surface area contributed by atoms with Crippen molar-refractivity contribution in [3.05, 3.63) is 28.7 Å². The number of carbonyl (C=O) groups is 1. The van der Waals surface area contributed by atoms with Crippen LogP contribution in [0.4, 0.5) is 0 Å². The Labute approximate surface area is 133 Å². The molecule has 2 rings (SSSR count). The van der Waals surface area contributed by atoms with Gasteiger partial charge in [-0.3, -0.25) is 4.79 Å². The first-order chi connectivity index (χ1) is 9.61. The quantitative estimate of drug-likeness (QED) is 0.816. The molecule has 0 bridgehead atoms. The van der Waals surface area contributed by atoms with Crippen LogP contribution in [0.15, 0.2) is 33.6 Å². The van der Waals surface area contributed by atoms with Crippen molar-refractivity contribution < 1.29 is 9.53 Å². The Balaban J connectivity index is 2.07. The van der Waals surface area contributed by atoms with Crippen LogP contribution in [0.2, 0.25) is 0 Å². The van der Waals surface area contributed by atoms with Gasteiger partial charge in [0.1, 0.15) is 5.54 Å². The third kappa shape index (κ3) is 3.38. The average molecular weight is 358 g/mol. The number of methoxy groups -OCH3 is 1. The van der Waals surface area contributed by atoms with Gasteiger partial charge in [-0.05, 0) is 53.9 Å². The van der Waals surface area contributed by atoms with Gasteiger partial charge in [0.05, 0.1) is 7.11 Å². The number of likely N-dealkylation sites (N-methyl/N-ethyl adjacent to an activating group) is 1. The molecule has 0 heterocycles. The summed E-state index contributed by atoms with van der Waals surface area (Å²) in [5.74, 6) is -0.130. The number of ether oxygens (including phenoxy) is 1. The molecule has 20 heavy (non-hydrogen) atoms. The molecule has 1 fully saturated rings. The van der Waals surface area contributed by atoms with Crippen LogP contribution in [0.1, 0.15) is 26.2 Å². The minimum absolute atomic E-state index is 0.130. The molecule has 0 spiro atoms. The lowest BCUT2D eigenvalue weighted by atomic mass is 9.98. The molecule has 2 unspecified atom stereocenters. The fourth-order valence-electron chi connectivity index (χ4n) is 2.77. The molecule has 5 heteroatoms. The first kappa shape index (κ1) is 15.9. The van der Waals surface area contributed by atoms with E-state index in [0.717, 1.165) is 30.3 Å². The maximum Gasteiger partial charge on any atom is 0.326 e. The van der Waals surface area contributed by atoms with Crippen LogP contribution >= 0.6 is 27.7 Å². The second-order valence-corrected chi connectivity index (χ2v) is 7.21. The molecule has 3 nitrogen and oxygen atoms in total. The van der Waals surface area contributed by atoms with Crippen molar-refractivity contribution in [2.75, 3.05) is 13.7 Å². The lowest BCUT2D eigenvalue weighted by molar-refractivity contribution is -0.148. The monoisotopic (exact) mass is 357 g/mol. The van der Waals surface area contributed by atoms with E-state index in [1.165, 1.54) is 12.0 Å². The molecular formula is C15H20BrNO2S. The number of hydrogen-bond donors (Lipinski definition) is 1. The zero-order chi connectivity index (χ0) is 14.6. The zero-order valence-corrected chi connectivity index (χ0v) is 14.2. The molecule has 1 aliphatic carbocycles. The molecule has 1 aromatic rings. The van der Waals surface area contributed by atoms with Crippen LogP contribution in [0.5, 0.6) is 0 Å². The van der Waals surface area contributed by atoms with Crippen LogP contribution in [0.25, 0.3) is 0 Å². The van der Waals surface area contributed by atoms with E-state index in [9.17, 15) is 4.79 Å². The lowest BCUT2D eigenvalue weighted by Gasteiger charge is -2.27. The maximum absolute atomic E-state index is 12.1. The van der Waals surface area contributed by atoms with E-state index >= 15 is 0 Å². The summed E-state index contributed by atoms with van der Waals surface area (Å²) >= 11 is 5.42. The van der Waals surface area contributed by atoms with Crippen LogP contribution in [-0.4, -0.2) is 30.4 Å². The number of carbonyl (C=O) groups excluding carboxylic acids is 1. The topological polar surface area (TPSA) is 38.3 Å². The molecule has 1 saturated carbocycles. The highest BCUT2D eigenvalue weighted by Gasteiger charge is 2.45. The number of nitrogens with one attached hydrogen (secondary N) is 1. The summed E-state index contributed by atoms with van der Waals surface area (Å²) in [4.78, 5) is 13.3. The molecular weight excluding hydrogens is 338 g/mol. The molecule has 0 aliphatic heterocycles. The van der Waals surface area contributed by atoms with Crippen molar-refractivity contribution in [2.45, 2.75) is 41.9 Å². The minimum atomic E-state index is -0.498. The number of thioether (sulfide) groups is 1. The minimum Gasteiger partial charge on any atom is -0.468 e. The third-order valence-corrected chi connectivity index (χ3v) is 5.99. The summed E-state index contributed by atoms with van der Waals surface area (Å²) in [6.07, 6.45) is 2.68. The van der Waals surface area contributed by atoms with Crippen LogP contribution < -0.4 is 5.32 Å². The lowest BCUT2D eigenvalue weighted by Crippen LogP contribution is -2.50. The van der Waals surface area contributed by atoms with Gasteiger partial charge in [0.15, 0.2) is 0 Å². The smallest absolute Gasteiger partial charge is 0.326 e. The van der Waals surface area contributed by atoms with Gasteiger partial charge >= 0.3 is 5.97 Å². The fraction of sp³-hybridized carbons (Fsp3) is 0.533. The molecule has 1 aromatic carbocycles. The van der Waals surface area contributed by atoms with Crippen LogP contribution in [0, 0.1) is 0 Å². The predicted molar refractivity (Wildman–Crippen MR) is 86.1 cm³/mol. The highest BCUT2D eigenvalue weighted by atomic mass is 79.9. The Kier molecular flexibility index (Phi) is 5.52. The molecule has 1 aliphatic rings. The van der Waals surface area contributed by atoms with Crippen molar-refractivity contribution in [3.63, 3.8) is 0 Å². The van der Waals surface area contributed by atoms with Gasteiger partial charge in [0, 0.05) is 14.6 Å². The van der Waals surface area contributed by atoms with E-state index in [0.29, 0.717) is 5.25 Å². The van der Waals surface area contributed by atoms with Crippen molar-refractivity contribution in [1.82, 2.24) is 5.32 Å². The molecule has 110 valence electrons. The van der Waals surface area contributed by atoms with E-state index < -0.39 is 5.54 Å². The SMILES string of the molecule is CCNC1(C(=O)OC)CCC(Sc2ccccc2Br)C1. The molecule has 0 amide bonds. The normalized spacial score (nSPS) is 25.6. The molecule has 0 radical (unpaired) electrons. The van der Waals surface area contributed by atoms with E-state index in [2.05, 4.69) is 33.4 Å². The fourth-order valence-corrected chi connectivity index (χ4v) is 4.64. The van der Waals surface area contributed by atoms with Gasteiger partial charge in [0.2, 0.25) is 0 Å². The Morgan fingerprint density at radius 2 is 2.30 bits per heavy atom. The molecule has 1 N–H and O–H groups in total.